The van der Waals surface area contributed by atoms with Gasteiger partial charge in [0.25, 0.3) is 0 Å². The Balaban J connectivity index is 2.34. The first-order chi connectivity index (χ1) is 10.8. The average molecular weight is 295 g/mol. The molecule has 3 rings (SSSR count). The maximum atomic E-state index is 14.2. The molecule has 3 aromatic rings. The van der Waals surface area contributed by atoms with Crippen LogP contribution in [0.4, 0.5) is 8.96 Å². The van der Waals surface area contributed by atoms with E-state index in [4.69, 9.17) is 0 Å². The lowest BCUT2D eigenvalue weighted by atomic mass is 9.78. The molecule has 3 heteroatoms. The molecule has 0 amide bonds. The standard InChI is InChI=1S/C19H15F2N/c20-22(21)19(16-10-4-1-5-11-16,17-12-6-2-7-13-17)18-14-8-3-9-15-18/h1-15H. The summed E-state index contributed by atoms with van der Waals surface area (Å²) in [7, 11) is 0. The van der Waals surface area contributed by atoms with E-state index in [1.165, 1.54) is 0 Å². The molecule has 0 spiro atoms. The van der Waals surface area contributed by atoms with Gasteiger partial charge in [0.05, 0.1) is 0 Å². The van der Waals surface area contributed by atoms with Crippen LogP contribution in [-0.4, -0.2) is 5.34 Å². The summed E-state index contributed by atoms with van der Waals surface area (Å²) in [6.45, 7) is 0. The molecule has 0 unspecified atom stereocenters. The molecule has 0 aliphatic rings. The van der Waals surface area contributed by atoms with Crippen molar-refractivity contribution in [2.45, 2.75) is 5.54 Å². The van der Waals surface area contributed by atoms with Gasteiger partial charge >= 0.3 is 0 Å². The quantitative estimate of drug-likeness (QED) is 0.481. The Morgan fingerprint density at radius 2 is 0.773 bits per heavy atom. The summed E-state index contributed by atoms with van der Waals surface area (Å²) >= 11 is 0. The molecule has 0 fully saturated rings. The Labute approximate surface area is 128 Å². The molecule has 0 heterocycles. The van der Waals surface area contributed by atoms with Gasteiger partial charge in [0.15, 0.2) is 5.54 Å². The number of benzene rings is 3. The molecule has 1 nitrogen and oxygen atoms in total. The van der Waals surface area contributed by atoms with Crippen molar-refractivity contribution in [2.75, 3.05) is 0 Å². The summed E-state index contributed by atoms with van der Waals surface area (Å²) < 4.78 is 28.5. The number of nitrogens with zero attached hydrogens (tertiary/aromatic N) is 1. The van der Waals surface area contributed by atoms with Gasteiger partial charge in [-0.3, -0.25) is 0 Å². The van der Waals surface area contributed by atoms with Crippen molar-refractivity contribution >= 4 is 0 Å². The van der Waals surface area contributed by atoms with Gasteiger partial charge in [-0.25, -0.2) is 0 Å². The summed E-state index contributed by atoms with van der Waals surface area (Å²) in [5.74, 6) is 0. The summed E-state index contributed by atoms with van der Waals surface area (Å²) in [6, 6.07) is 26.5. The molecule has 0 saturated heterocycles. The first-order valence-corrected chi connectivity index (χ1v) is 7.04. The lowest BCUT2D eigenvalue weighted by Gasteiger charge is -2.35. The monoisotopic (exact) mass is 295 g/mol. The van der Waals surface area contributed by atoms with Gasteiger partial charge in [0.1, 0.15) is 0 Å². The third-order valence-electron chi connectivity index (χ3n) is 3.83. The Hall–Kier alpha value is -2.52. The fraction of sp³-hybridized carbons (Fsp3) is 0.0526. The Morgan fingerprint density at radius 3 is 1.00 bits per heavy atom. The minimum Gasteiger partial charge on any atom is -0.0998 e. The molecule has 0 N–H and O–H groups in total. The summed E-state index contributed by atoms with van der Waals surface area (Å²) in [5, 5.41) is -0.701. The minimum atomic E-state index is -1.62. The summed E-state index contributed by atoms with van der Waals surface area (Å²) in [6.07, 6.45) is 0. The second kappa shape index (κ2) is 6.08. The van der Waals surface area contributed by atoms with E-state index < -0.39 is 10.9 Å². The van der Waals surface area contributed by atoms with Crippen LogP contribution in [-0.2, 0) is 5.54 Å². The average Bonchev–Trinajstić information content (AvgIpc) is 2.58. The van der Waals surface area contributed by atoms with Gasteiger partial charge in [0.2, 0.25) is 0 Å². The Bertz CT molecular complexity index is 616. The minimum absolute atomic E-state index is 0.525. The van der Waals surface area contributed by atoms with Gasteiger partial charge < -0.3 is 0 Å². The lowest BCUT2D eigenvalue weighted by Crippen LogP contribution is -2.39. The third-order valence-corrected chi connectivity index (χ3v) is 3.83. The van der Waals surface area contributed by atoms with Crippen molar-refractivity contribution in [1.29, 1.82) is 0 Å². The summed E-state index contributed by atoms with van der Waals surface area (Å²) in [4.78, 5) is 0. The maximum absolute atomic E-state index is 14.2. The van der Waals surface area contributed by atoms with Crippen LogP contribution in [0.25, 0.3) is 0 Å². The largest absolute Gasteiger partial charge is 0.159 e. The van der Waals surface area contributed by atoms with E-state index in [0.717, 1.165) is 0 Å². The molecule has 22 heavy (non-hydrogen) atoms. The molecule has 0 aliphatic heterocycles. The summed E-state index contributed by atoms with van der Waals surface area (Å²) in [5.41, 5.74) is -0.0451. The SMILES string of the molecule is FN(F)C(c1ccccc1)(c1ccccc1)c1ccccc1. The van der Waals surface area contributed by atoms with Crippen LogP contribution in [0.3, 0.4) is 0 Å². The molecule has 0 bridgehead atoms. The van der Waals surface area contributed by atoms with E-state index in [1.54, 1.807) is 72.8 Å². The Morgan fingerprint density at radius 1 is 0.500 bits per heavy atom. The number of rotatable bonds is 4. The van der Waals surface area contributed by atoms with Crippen LogP contribution in [0.2, 0.25) is 0 Å². The van der Waals surface area contributed by atoms with Crippen LogP contribution in [0, 0.1) is 0 Å². The zero-order chi connectivity index (χ0) is 15.4. The maximum Gasteiger partial charge on any atom is 0.159 e. The van der Waals surface area contributed by atoms with Gasteiger partial charge in [0, 0.05) is 5.34 Å². The first-order valence-electron chi connectivity index (χ1n) is 7.04. The first kappa shape index (κ1) is 14.4. The van der Waals surface area contributed by atoms with Gasteiger partial charge in [-0.1, -0.05) is 100.0 Å². The van der Waals surface area contributed by atoms with E-state index in [0.29, 0.717) is 16.7 Å². The van der Waals surface area contributed by atoms with Crippen molar-refractivity contribution in [3.63, 3.8) is 0 Å². The van der Waals surface area contributed by atoms with E-state index >= 15 is 0 Å². The topological polar surface area (TPSA) is 3.24 Å². The highest BCUT2D eigenvalue weighted by atomic mass is 19.4. The number of hydrogen-bond donors (Lipinski definition) is 0. The predicted octanol–water partition coefficient (Wildman–Crippen LogP) is 5.05. The molecule has 0 aliphatic carbocycles. The second-order valence-corrected chi connectivity index (χ2v) is 5.04. The highest BCUT2D eigenvalue weighted by Crippen LogP contribution is 2.42. The van der Waals surface area contributed by atoms with Crippen LogP contribution in [0.5, 0.6) is 0 Å². The van der Waals surface area contributed by atoms with Crippen LogP contribution >= 0.6 is 0 Å². The predicted molar refractivity (Wildman–Crippen MR) is 83.3 cm³/mol. The van der Waals surface area contributed by atoms with Crippen molar-refractivity contribution in [2.24, 2.45) is 0 Å². The van der Waals surface area contributed by atoms with E-state index in [-0.39, 0.29) is 0 Å². The molecule has 110 valence electrons. The fourth-order valence-electron chi connectivity index (χ4n) is 2.83. The van der Waals surface area contributed by atoms with Crippen LogP contribution < -0.4 is 0 Å². The zero-order valence-corrected chi connectivity index (χ0v) is 11.9. The molecule has 0 atom stereocenters. The number of halogens is 2. The van der Waals surface area contributed by atoms with E-state index in [9.17, 15) is 8.96 Å². The highest BCUT2D eigenvalue weighted by molar-refractivity contribution is 5.48. The smallest absolute Gasteiger partial charge is 0.0998 e. The van der Waals surface area contributed by atoms with Crippen molar-refractivity contribution < 1.29 is 8.96 Å². The van der Waals surface area contributed by atoms with Crippen molar-refractivity contribution in [3.8, 4) is 0 Å². The van der Waals surface area contributed by atoms with E-state index in [2.05, 4.69) is 0 Å². The van der Waals surface area contributed by atoms with Crippen LogP contribution in [0.15, 0.2) is 91.0 Å². The normalized spacial score (nSPS) is 11.6. The van der Waals surface area contributed by atoms with Gasteiger partial charge in [-0.15, -0.1) is 0 Å². The van der Waals surface area contributed by atoms with Gasteiger partial charge in [-0.2, -0.15) is 0 Å². The highest BCUT2D eigenvalue weighted by Gasteiger charge is 2.44. The van der Waals surface area contributed by atoms with Crippen molar-refractivity contribution in [3.05, 3.63) is 108 Å². The molecule has 0 aromatic heterocycles. The lowest BCUT2D eigenvalue weighted by molar-refractivity contribution is -0.209. The molecule has 0 radical (unpaired) electrons. The molecule has 0 saturated carbocycles. The van der Waals surface area contributed by atoms with Gasteiger partial charge in [-0.05, 0) is 16.7 Å². The van der Waals surface area contributed by atoms with E-state index in [1.807, 2.05) is 18.2 Å². The third kappa shape index (κ3) is 2.30. The second-order valence-electron chi connectivity index (χ2n) is 5.04. The van der Waals surface area contributed by atoms with Crippen molar-refractivity contribution in [1.82, 2.24) is 5.34 Å². The molecule has 3 aromatic carbocycles. The molecular weight excluding hydrogens is 280 g/mol. The van der Waals surface area contributed by atoms with Crippen LogP contribution in [0.1, 0.15) is 16.7 Å². The molecular formula is C19H15F2N. The fourth-order valence-corrected chi connectivity index (χ4v) is 2.83. The Kier molecular flexibility index (Phi) is 3.98. The number of hydrogen-bond acceptors (Lipinski definition) is 1. The zero-order valence-electron chi connectivity index (χ0n) is 11.9.